The molecule has 0 saturated carbocycles. The van der Waals surface area contributed by atoms with E-state index in [1.54, 1.807) is 24.3 Å². The van der Waals surface area contributed by atoms with Crippen molar-refractivity contribution in [3.05, 3.63) is 89.1 Å². The van der Waals surface area contributed by atoms with Gasteiger partial charge in [0.25, 0.3) is 10.0 Å². The van der Waals surface area contributed by atoms with Crippen molar-refractivity contribution in [1.82, 2.24) is 25.3 Å². The van der Waals surface area contributed by atoms with Crippen LogP contribution in [0.4, 0.5) is 5.69 Å². The topological polar surface area (TPSA) is 124 Å². The standard InChI is InChI=1S/C35H44N6O4S/c1-6-7-8-9-10-11-22-44-30-21-14-26(3)23-31(30)46(42,43)38-28-17-15-27(16-18-28)24-35(4,5)33-32(34-36-39-40-41(34)37-33)45-29-19-12-25(2)13-20-29/h12-21,23,38H,6-11,22,24H2,1-5H3,(H,36,40). The van der Waals surface area contributed by atoms with Crippen molar-refractivity contribution >= 4 is 21.4 Å². The van der Waals surface area contributed by atoms with E-state index in [9.17, 15) is 8.42 Å². The summed E-state index contributed by atoms with van der Waals surface area (Å²) in [7, 11) is -3.88. The van der Waals surface area contributed by atoms with E-state index in [-0.39, 0.29) is 4.90 Å². The Bertz CT molecular complexity index is 1840. The molecule has 0 atom stereocenters. The van der Waals surface area contributed by atoms with Crippen molar-refractivity contribution in [3.8, 4) is 17.2 Å². The molecule has 0 unspecified atom stereocenters. The van der Waals surface area contributed by atoms with Crippen molar-refractivity contribution in [1.29, 1.82) is 0 Å². The zero-order chi connectivity index (χ0) is 32.7. The number of anilines is 1. The lowest BCUT2D eigenvalue weighted by molar-refractivity contribution is 0.297. The lowest BCUT2D eigenvalue weighted by atomic mass is 9.82. The Balaban J connectivity index is 1.27. The van der Waals surface area contributed by atoms with Gasteiger partial charge in [0.1, 0.15) is 22.1 Å². The van der Waals surface area contributed by atoms with Crippen LogP contribution in [0, 0.1) is 13.8 Å². The molecule has 0 radical (unpaired) electrons. The van der Waals surface area contributed by atoms with Crippen LogP contribution >= 0.6 is 0 Å². The highest BCUT2D eigenvalue weighted by Gasteiger charge is 2.32. The number of rotatable bonds is 16. The summed E-state index contributed by atoms with van der Waals surface area (Å²) in [6, 6.07) is 20.5. The molecule has 2 heterocycles. The highest BCUT2D eigenvalue weighted by Crippen LogP contribution is 2.38. The number of nitrogens with zero attached hydrogens (tertiary/aromatic N) is 4. The summed E-state index contributed by atoms with van der Waals surface area (Å²) in [4.78, 5) is 0.142. The molecule has 0 fully saturated rings. The fraction of sp³-hybridized carbons (Fsp3) is 0.400. The molecule has 0 spiro atoms. The molecule has 0 amide bonds. The van der Waals surface area contributed by atoms with Gasteiger partial charge in [-0.25, -0.2) is 8.42 Å². The molecule has 3 aromatic carbocycles. The summed E-state index contributed by atoms with van der Waals surface area (Å²) in [5.74, 6) is 1.59. The number of sulfonamides is 1. The molecule has 0 aliphatic carbocycles. The van der Waals surface area contributed by atoms with E-state index >= 15 is 0 Å². The molecule has 2 aromatic heterocycles. The van der Waals surface area contributed by atoms with Gasteiger partial charge in [-0.05, 0) is 79.4 Å². The number of benzene rings is 3. The van der Waals surface area contributed by atoms with E-state index in [0.29, 0.717) is 41.6 Å². The van der Waals surface area contributed by atoms with E-state index < -0.39 is 15.4 Å². The Morgan fingerprint density at radius 3 is 2.33 bits per heavy atom. The van der Waals surface area contributed by atoms with Crippen LogP contribution in [0.5, 0.6) is 17.2 Å². The molecule has 0 aliphatic heterocycles. The average molecular weight is 645 g/mol. The first kappa shape index (κ1) is 33.0. The van der Waals surface area contributed by atoms with Gasteiger partial charge in [0.15, 0.2) is 5.75 Å². The summed E-state index contributed by atoms with van der Waals surface area (Å²) < 4.78 is 43.5. The van der Waals surface area contributed by atoms with Gasteiger partial charge in [0.2, 0.25) is 5.65 Å². The van der Waals surface area contributed by atoms with Gasteiger partial charge in [-0.1, -0.05) is 88.8 Å². The molecular formula is C35H44N6O4S. The number of nitrogens with one attached hydrogen (secondary N) is 2. The Labute approximate surface area is 271 Å². The molecule has 5 rings (SSSR count). The highest BCUT2D eigenvalue weighted by molar-refractivity contribution is 7.92. The largest absolute Gasteiger partial charge is 0.492 e. The number of H-pyrrole nitrogens is 1. The Hall–Kier alpha value is -4.38. The Morgan fingerprint density at radius 2 is 1.59 bits per heavy atom. The van der Waals surface area contributed by atoms with Crippen LogP contribution in [0.25, 0.3) is 5.65 Å². The maximum absolute atomic E-state index is 13.5. The van der Waals surface area contributed by atoms with E-state index in [4.69, 9.17) is 14.6 Å². The Kier molecular flexibility index (Phi) is 10.3. The Morgan fingerprint density at radius 1 is 0.891 bits per heavy atom. The second-order valence-electron chi connectivity index (χ2n) is 12.6. The number of hydrogen-bond acceptors (Lipinski definition) is 7. The lowest BCUT2D eigenvalue weighted by Gasteiger charge is -2.24. The molecule has 10 nitrogen and oxygen atoms in total. The predicted molar refractivity (Wildman–Crippen MR) is 180 cm³/mol. The monoisotopic (exact) mass is 644 g/mol. The summed E-state index contributed by atoms with van der Waals surface area (Å²) in [6.07, 6.45) is 7.42. The molecule has 5 aromatic rings. The maximum Gasteiger partial charge on any atom is 0.265 e. The molecule has 244 valence electrons. The summed E-state index contributed by atoms with van der Waals surface area (Å²) in [6.45, 7) is 10.8. The predicted octanol–water partition coefficient (Wildman–Crippen LogP) is 7.92. The summed E-state index contributed by atoms with van der Waals surface area (Å²) in [5.41, 5.74) is 4.23. The number of tetrazole rings is 1. The van der Waals surface area contributed by atoms with Crippen LogP contribution in [-0.2, 0) is 21.9 Å². The molecular weight excluding hydrogens is 600 g/mol. The molecule has 11 heteroatoms. The van der Waals surface area contributed by atoms with Gasteiger partial charge in [-0.3, -0.25) is 4.72 Å². The number of hydrogen-bond donors (Lipinski definition) is 2. The number of unbranched alkanes of at least 4 members (excludes halogenated alkanes) is 5. The third-order valence-electron chi connectivity index (χ3n) is 7.98. The first-order chi connectivity index (χ1) is 22.1. The third kappa shape index (κ3) is 8.06. The minimum Gasteiger partial charge on any atom is -0.492 e. The van der Waals surface area contributed by atoms with Gasteiger partial charge in [0.05, 0.1) is 6.61 Å². The quantitative estimate of drug-likeness (QED) is 0.105. The lowest BCUT2D eigenvalue weighted by Crippen LogP contribution is -2.22. The van der Waals surface area contributed by atoms with Crippen LogP contribution in [0.3, 0.4) is 0 Å². The van der Waals surface area contributed by atoms with Crippen molar-refractivity contribution in [2.24, 2.45) is 0 Å². The molecule has 2 N–H and O–H groups in total. The number of ether oxygens (including phenoxy) is 2. The van der Waals surface area contributed by atoms with E-state index in [0.717, 1.165) is 35.2 Å². The second-order valence-corrected chi connectivity index (χ2v) is 14.2. The summed E-state index contributed by atoms with van der Waals surface area (Å²) in [5, 5.41) is 15.5. The van der Waals surface area contributed by atoms with Gasteiger partial charge < -0.3 is 9.47 Å². The average Bonchev–Trinajstić information content (AvgIpc) is 3.62. The minimum absolute atomic E-state index is 0.142. The van der Waals surface area contributed by atoms with Crippen LogP contribution in [0.1, 0.15) is 81.7 Å². The zero-order valence-electron chi connectivity index (χ0n) is 27.3. The third-order valence-corrected chi connectivity index (χ3v) is 9.38. The molecule has 0 bridgehead atoms. The van der Waals surface area contributed by atoms with Gasteiger partial charge >= 0.3 is 0 Å². The smallest absolute Gasteiger partial charge is 0.265 e. The van der Waals surface area contributed by atoms with E-state index in [2.05, 4.69) is 41.0 Å². The number of aryl methyl sites for hydroxylation is 2. The SMILES string of the molecule is CCCCCCCCOc1ccc(C)cc1S(=O)(=O)Nc1ccc(CC(C)(C)c2nn3[nH]nnc3c2Oc2ccc(C)cc2)cc1. The number of fused-ring (bicyclic) bond motifs is 1. The molecule has 0 aliphatic rings. The van der Waals surface area contributed by atoms with Crippen molar-refractivity contribution < 1.29 is 17.9 Å². The number of aromatic nitrogens is 5. The first-order valence-electron chi connectivity index (χ1n) is 16.0. The second kappa shape index (κ2) is 14.4. The molecule has 46 heavy (non-hydrogen) atoms. The highest BCUT2D eigenvalue weighted by atomic mass is 32.2. The molecule has 0 saturated heterocycles. The minimum atomic E-state index is -3.88. The van der Waals surface area contributed by atoms with Crippen molar-refractivity contribution in [2.75, 3.05) is 11.3 Å². The van der Waals surface area contributed by atoms with Crippen LogP contribution in [0.2, 0.25) is 0 Å². The van der Waals surface area contributed by atoms with Gasteiger partial charge in [0, 0.05) is 11.1 Å². The van der Waals surface area contributed by atoms with Crippen molar-refractivity contribution in [2.45, 2.75) is 89.9 Å². The summed E-state index contributed by atoms with van der Waals surface area (Å²) >= 11 is 0. The first-order valence-corrected chi connectivity index (χ1v) is 17.4. The van der Waals surface area contributed by atoms with E-state index in [1.807, 2.05) is 56.3 Å². The van der Waals surface area contributed by atoms with Gasteiger partial charge in [-0.2, -0.15) is 5.21 Å². The van der Waals surface area contributed by atoms with Gasteiger partial charge in [-0.15, -0.1) is 14.8 Å². The zero-order valence-corrected chi connectivity index (χ0v) is 28.2. The van der Waals surface area contributed by atoms with Crippen LogP contribution < -0.4 is 14.2 Å². The fourth-order valence-corrected chi connectivity index (χ4v) is 6.72. The van der Waals surface area contributed by atoms with E-state index in [1.165, 1.54) is 30.3 Å². The fourth-order valence-electron chi connectivity index (χ4n) is 5.43. The van der Waals surface area contributed by atoms with Crippen LogP contribution in [-0.4, -0.2) is 40.3 Å². The van der Waals surface area contributed by atoms with Crippen LogP contribution in [0.15, 0.2) is 71.6 Å². The van der Waals surface area contributed by atoms with Crippen molar-refractivity contribution in [3.63, 3.8) is 0 Å². The number of aromatic amines is 1. The maximum atomic E-state index is 13.5. The normalized spacial score (nSPS) is 12.0.